The molecule has 0 spiro atoms. The van der Waals surface area contributed by atoms with E-state index in [4.69, 9.17) is 16.6 Å². The van der Waals surface area contributed by atoms with E-state index in [1.807, 2.05) is 0 Å². The lowest BCUT2D eigenvalue weighted by Crippen LogP contribution is -2.25. The van der Waals surface area contributed by atoms with Gasteiger partial charge >= 0.3 is 5.69 Å². The molecule has 3 aromatic rings. The van der Waals surface area contributed by atoms with Crippen LogP contribution in [-0.2, 0) is 0 Å². The maximum Gasteiger partial charge on any atom is 0.355 e. The lowest BCUT2D eigenvalue weighted by Gasteiger charge is -2.15. The Balaban J connectivity index is 1.82. The fourth-order valence-corrected chi connectivity index (χ4v) is 3.59. The Morgan fingerprint density at radius 2 is 2.04 bits per heavy atom. The van der Waals surface area contributed by atoms with Crippen LogP contribution in [0.3, 0.4) is 0 Å². The number of para-hydroxylation sites is 1. The molecule has 0 bridgehead atoms. The van der Waals surface area contributed by atoms with E-state index in [0.717, 1.165) is 12.8 Å². The zero-order valence-corrected chi connectivity index (χ0v) is 15.4. The lowest BCUT2D eigenvalue weighted by atomic mass is 10.1. The van der Waals surface area contributed by atoms with Crippen molar-refractivity contribution in [3.8, 4) is 11.8 Å². The van der Waals surface area contributed by atoms with Crippen LogP contribution in [0.1, 0.15) is 36.4 Å². The Bertz CT molecular complexity index is 1210. The molecule has 2 heterocycles. The quantitative estimate of drug-likeness (QED) is 0.728. The largest absolute Gasteiger partial charge is 0.364 e. The predicted molar refractivity (Wildman–Crippen MR) is 104 cm³/mol. The van der Waals surface area contributed by atoms with Crippen LogP contribution in [0.5, 0.6) is 0 Å². The summed E-state index contributed by atoms with van der Waals surface area (Å²) in [6, 6.07) is 10.5. The van der Waals surface area contributed by atoms with Gasteiger partial charge < -0.3 is 5.32 Å². The Morgan fingerprint density at radius 1 is 1.29 bits per heavy atom. The average molecular weight is 396 g/mol. The van der Waals surface area contributed by atoms with E-state index in [1.165, 1.54) is 4.57 Å². The molecule has 0 aliphatic heterocycles. The third-order valence-electron chi connectivity index (χ3n) is 5.11. The molecule has 2 aromatic heterocycles. The van der Waals surface area contributed by atoms with E-state index in [-0.39, 0.29) is 17.8 Å². The molecule has 1 N–H and O–H groups in total. The zero-order chi connectivity index (χ0) is 19.4. The van der Waals surface area contributed by atoms with Gasteiger partial charge in [0.2, 0.25) is 0 Å². The zero-order valence-electron chi connectivity index (χ0n) is 14.7. The second kappa shape index (κ2) is 6.28. The fourth-order valence-electron chi connectivity index (χ4n) is 3.37. The number of nitriles is 1. The molecule has 2 atom stereocenters. The van der Waals surface area contributed by atoms with Crippen LogP contribution in [0.2, 0.25) is 5.02 Å². The van der Waals surface area contributed by atoms with Gasteiger partial charge in [0, 0.05) is 12.3 Å². The van der Waals surface area contributed by atoms with Crippen LogP contribution in [0.4, 0.5) is 10.2 Å². The summed E-state index contributed by atoms with van der Waals surface area (Å²) in [5, 5.41) is 13.5. The van der Waals surface area contributed by atoms with Gasteiger partial charge in [0.1, 0.15) is 18.1 Å². The molecular formula is C20H15ClFN5O. The third-order valence-corrected chi connectivity index (χ3v) is 5.43. The van der Waals surface area contributed by atoms with Gasteiger partial charge in [-0.1, -0.05) is 23.7 Å². The van der Waals surface area contributed by atoms with Gasteiger partial charge in [0.05, 0.1) is 33.4 Å². The molecule has 2 fully saturated rings. The number of anilines is 1. The smallest absolute Gasteiger partial charge is 0.355 e. The number of nitrogens with one attached hydrogen (secondary N) is 1. The Labute approximate surface area is 164 Å². The summed E-state index contributed by atoms with van der Waals surface area (Å²) in [6.07, 6.45) is 1.34. The minimum Gasteiger partial charge on any atom is -0.364 e. The molecule has 5 rings (SSSR count). The van der Waals surface area contributed by atoms with Gasteiger partial charge in [-0.15, -0.1) is 0 Å². The summed E-state index contributed by atoms with van der Waals surface area (Å²) in [6.45, 7) is 0. The van der Waals surface area contributed by atoms with Crippen molar-refractivity contribution in [2.45, 2.75) is 37.4 Å². The van der Waals surface area contributed by atoms with Gasteiger partial charge in [-0.3, -0.25) is 0 Å². The maximum atomic E-state index is 13.4. The summed E-state index contributed by atoms with van der Waals surface area (Å²) in [7, 11) is 0. The summed E-state index contributed by atoms with van der Waals surface area (Å²) in [4.78, 5) is 21.7. The topological polar surface area (TPSA) is 83.6 Å². The molecule has 2 aliphatic carbocycles. The fraction of sp³-hybridized carbons (Fsp3) is 0.300. The molecule has 1 aromatic carbocycles. The number of nitrogens with zero attached hydrogens (tertiary/aromatic N) is 4. The number of alkyl halides is 1. The van der Waals surface area contributed by atoms with E-state index in [9.17, 15) is 14.4 Å². The number of rotatable bonds is 4. The summed E-state index contributed by atoms with van der Waals surface area (Å²) in [5.41, 5.74) is 1.41. The molecule has 0 amide bonds. The van der Waals surface area contributed by atoms with Crippen molar-refractivity contribution in [1.29, 1.82) is 5.26 Å². The number of fused-ring (bicyclic) bond motifs is 1. The molecule has 0 radical (unpaired) electrons. The van der Waals surface area contributed by atoms with Crippen molar-refractivity contribution in [2.75, 3.05) is 5.32 Å². The van der Waals surface area contributed by atoms with E-state index in [1.54, 1.807) is 30.3 Å². The molecule has 2 saturated carbocycles. The molecule has 28 heavy (non-hydrogen) atoms. The maximum absolute atomic E-state index is 13.4. The van der Waals surface area contributed by atoms with E-state index in [2.05, 4.69) is 16.4 Å². The first kappa shape index (κ1) is 17.1. The Hall–Kier alpha value is -2.98. The van der Waals surface area contributed by atoms with E-state index >= 15 is 0 Å². The van der Waals surface area contributed by atoms with Crippen molar-refractivity contribution in [2.24, 2.45) is 0 Å². The highest BCUT2D eigenvalue weighted by atomic mass is 35.5. The van der Waals surface area contributed by atoms with E-state index < -0.39 is 11.9 Å². The predicted octanol–water partition coefficient (Wildman–Crippen LogP) is 3.71. The first-order chi connectivity index (χ1) is 13.6. The monoisotopic (exact) mass is 395 g/mol. The van der Waals surface area contributed by atoms with Gasteiger partial charge in [0.15, 0.2) is 5.65 Å². The van der Waals surface area contributed by atoms with Crippen molar-refractivity contribution in [3.05, 3.63) is 57.1 Å². The highest BCUT2D eigenvalue weighted by Crippen LogP contribution is 2.42. The average Bonchev–Trinajstić information content (AvgIpc) is 3.60. The Morgan fingerprint density at radius 3 is 2.68 bits per heavy atom. The lowest BCUT2D eigenvalue weighted by molar-refractivity contribution is 0.472. The molecule has 140 valence electrons. The number of halogens is 2. The first-order valence-corrected chi connectivity index (χ1v) is 9.48. The summed E-state index contributed by atoms with van der Waals surface area (Å²) < 4.78 is 14.8. The highest BCUT2D eigenvalue weighted by Gasteiger charge is 2.38. The standard InChI is InChI=1S/C20H15ClFN5O/c21-13-3-1-2-4-16(13)27-19-12(7-11(9-23)17(25-19)10-5-6-10)18(26-20(27)28)24-15-8-14(15)22/h1-4,7,10,14-15H,5-6,8H2,(H,24,26,28). The van der Waals surface area contributed by atoms with Crippen molar-refractivity contribution in [3.63, 3.8) is 0 Å². The minimum atomic E-state index is -0.961. The van der Waals surface area contributed by atoms with Gasteiger partial charge in [-0.2, -0.15) is 10.2 Å². The van der Waals surface area contributed by atoms with Gasteiger partial charge in [-0.05, 0) is 31.0 Å². The normalized spacial score (nSPS) is 20.8. The van der Waals surface area contributed by atoms with Crippen molar-refractivity contribution in [1.82, 2.24) is 14.5 Å². The van der Waals surface area contributed by atoms with Crippen LogP contribution >= 0.6 is 11.6 Å². The second-order valence-electron chi connectivity index (χ2n) is 7.21. The summed E-state index contributed by atoms with van der Waals surface area (Å²) >= 11 is 6.32. The highest BCUT2D eigenvalue weighted by molar-refractivity contribution is 6.32. The van der Waals surface area contributed by atoms with Crippen molar-refractivity contribution < 1.29 is 4.39 Å². The van der Waals surface area contributed by atoms with Crippen molar-refractivity contribution >= 4 is 28.5 Å². The number of hydrogen-bond donors (Lipinski definition) is 1. The van der Waals surface area contributed by atoms with Crippen LogP contribution in [0.25, 0.3) is 16.7 Å². The van der Waals surface area contributed by atoms with Crippen LogP contribution < -0.4 is 11.0 Å². The van der Waals surface area contributed by atoms with Crippen LogP contribution in [-0.4, -0.2) is 26.7 Å². The SMILES string of the molecule is N#Cc1cc2c(NC3CC3F)nc(=O)n(-c3ccccc3Cl)c2nc1C1CC1. The van der Waals surface area contributed by atoms with E-state index in [0.29, 0.717) is 39.4 Å². The number of aromatic nitrogens is 3. The van der Waals surface area contributed by atoms with Gasteiger partial charge in [0.25, 0.3) is 0 Å². The van der Waals surface area contributed by atoms with Crippen LogP contribution in [0, 0.1) is 11.3 Å². The summed E-state index contributed by atoms with van der Waals surface area (Å²) in [5.74, 6) is 0.469. The first-order valence-electron chi connectivity index (χ1n) is 9.10. The molecule has 0 saturated heterocycles. The number of benzene rings is 1. The minimum absolute atomic E-state index is 0.220. The number of hydrogen-bond acceptors (Lipinski definition) is 5. The van der Waals surface area contributed by atoms with Gasteiger partial charge in [-0.25, -0.2) is 18.7 Å². The molecule has 6 nitrogen and oxygen atoms in total. The number of pyridine rings is 1. The molecular weight excluding hydrogens is 381 g/mol. The second-order valence-corrected chi connectivity index (χ2v) is 7.62. The molecule has 2 unspecified atom stereocenters. The Kier molecular flexibility index (Phi) is 3.84. The molecule has 8 heteroatoms. The molecule has 2 aliphatic rings. The third kappa shape index (κ3) is 2.81. The van der Waals surface area contributed by atoms with Crippen LogP contribution in [0.15, 0.2) is 35.1 Å².